The first-order valence-electron chi connectivity index (χ1n) is 5.79. The first kappa shape index (κ1) is 9.47. The van der Waals surface area contributed by atoms with E-state index in [1.165, 1.54) is 38.5 Å². The van der Waals surface area contributed by atoms with E-state index < -0.39 is 0 Å². The smallest absolute Gasteiger partial charge is 0.0269 e. The molecule has 0 bridgehead atoms. The molecule has 2 rings (SSSR count). The lowest BCUT2D eigenvalue weighted by atomic mass is 9.73. The normalized spacial score (nSPS) is 37.4. The molecule has 0 aromatic carbocycles. The topological polar surface area (TPSA) is 38.0 Å². The van der Waals surface area contributed by atoms with E-state index in [0.29, 0.717) is 6.04 Å². The first-order chi connectivity index (χ1) is 6.33. The minimum atomic E-state index is 0.617. The predicted octanol–water partition coefficient (Wildman–Crippen LogP) is 2.05. The first-order valence-corrected chi connectivity index (χ1v) is 5.79. The lowest BCUT2D eigenvalue weighted by Crippen LogP contribution is -2.48. The van der Waals surface area contributed by atoms with Crippen molar-refractivity contribution >= 4 is 0 Å². The molecule has 0 spiro atoms. The van der Waals surface area contributed by atoms with Gasteiger partial charge in [-0.1, -0.05) is 26.2 Å². The molecule has 2 aliphatic rings. The van der Waals surface area contributed by atoms with E-state index in [0.717, 1.165) is 17.8 Å². The monoisotopic (exact) mass is 182 g/mol. The standard InChI is InChI=1S/C11H22N2/c1-8-4-2-7-10(8)11(13-12)9-5-3-6-9/h8-11,13H,2-7,12H2,1H3. The molecule has 2 aliphatic carbocycles. The van der Waals surface area contributed by atoms with Gasteiger partial charge >= 0.3 is 0 Å². The fourth-order valence-electron chi connectivity index (χ4n) is 3.12. The maximum atomic E-state index is 5.68. The van der Waals surface area contributed by atoms with Crippen LogP contribution in [0.5, 0.6) is 0 Å². The lowest BCUT2D eigenvalue weighted by molar-refractivity contribution is 0.154. The summed E-state index contributed by atoms with van der Waals surface area (Å²) in [4.78, 5) is 0. The van der Waals surface area contributed by atoms with Crippen LogP contribution in [0.3, 0.4) is 0 Å². The summed E-state index contributed by atoms with van der Waals surface area (Å²) in [5.74, 6) is 8.31. The molecule has 3 atom stereocenters. The zero-order valence-electron chi connectivity index (χ0n) is 8.63. The summed E-state index contributed by atoms with van der Waals surface area (Å²) in [5.41, 5.74) is 3.08. The van der Waals surface area contributed by atoms with Gasteiger partial charge in [-0.3, -0.25) is 11.3 Å². The Morgan fingerprint density at radius 3 is 2.23 bits per heavy atom. The van der Waals surface area contributed by atoms with E-state index in [9.17, 15) is 0 Å². The van der Waals surface area contributed by atoms with E-state index in [-0.39, 0.29) is 0 Å². The molecular weight excluding hydrogens is 160 g/mol. The van der Waals surface area contributed by atoms with Gasteiger partial charge in [-0.25, -0.2) is 0 Å². The summed E-state index contributed by atoms with van der Waals surface area (Å²) in [6, 6.07) is 0.617. The summed E-state index contributed by atoms with van der Waals surface area (Å²) < 4.78 is 0. The van der Waals surface area contributed by atoms with Gasteiger partial charge in [0.15, 0.2) is 0 Å². The Morgan fingerprint density at radius 1 is 1.15 bits per heavy atom. The molecule has 3 N–H and O–H groups in total. The highest BCUT2D eigenvalue weighted by atomic mass is 15.2. The Hall–Kier alpha value is -0.0800. The van der Waals surface area contributed by atoms with Crippen LogP contribution in [0.2, 0.25) is 0 Å². The molecular formula is C11H22N2. The second-order valence-corrected chi connectivity index (χ2v) is 4.96. The molecule has 0 aromatic heterocycles. The van der Waals surface area contributed by atoms with Crippen molar-refractivity contribution < 1.29 is 0 Å². The van der Waals surface area contributed by atoms with E-state index in [1.54, 1.807) is 0 Å². The second kappa shape index (κ2) is 3.97. The van der Waals surface area contributed by atoms with Crippen molar-refractivity contribution in [2.24, 2.45) is 23.6 Å². The Balaban J connectivity index is 1.94. The molecule has 13 heavy (non-hydrogen) atoms. The van der Waals surface area contributed by atoms with Crippen LogP contribution in [0, 0.1) is 17.8 Å². The van der Waals surface area contributed by atoms with Crippen molar-refractivity contribution in [1.82, 2.24) is 5.43 Å². The van der Waals surface area contributed by atoms with Gasteiger partial charge in [0.2, 0.25) is 0 Å². The zero-order chi connectivity index (χ0) is 9.26. The molecule has 2 heteroatoms. The van der Waals surface area contributed by atoms with Crippen LogP contribution >= 0.6 is 0 Å². The summed E-state index contributed by atoms with van der Waals surface area (Å²) in [6.45, 7) is 2.39. The van der Waals surface area contributed by atoms with Gasteiger partial charge in [0.1, 0.15) is 0 Å². The molecule has 2 nitrogen and oxygen atoms in total. The van der Waals surface area contributed by atoms with E-state index in [4.69, 9.17) is 5.84 Å². The van der Waals surface area contributed by atoms with Gasteiger partial charge in [0, 0.05) is 6.04 Å². The molecule has 76 valence electrons. The van der Waals surface area contributed by atoms with Gasteiger partial charge < -0.3 is 0 Å². The van der Waals surface area contributed by atoms with Gasteiger partial charge in [-0.2, -0.15) is 0 Å². The number of hydrogen-bond donors (Lipinski definition) is 2. The van der Waals surface area contributed by atoms with Crippen LogP contribution in [0.4, 0.5) is 0 Å². The SMILES string of the molecule is CC1CCCC1C(NN)C1CCC1. The van der Waals surface area contributed by atoms with Crippen molar-refractivity contribution in [1.29, 1.82) is 0 Å². The number of hydrazine groups is 1. The molecule has 3 unspecified atom stereocenters. The van der Waals surface area contributed by atoms with Crippen LogP contribution < -0.4 is 11.3 Å². The van der Waals surface area contributed by atoms with Crippen molar-refractivity contribution in [3.8, 4) is 0 Å². The third-order valence-corrected chi connectivity index (χ3v) is 4.24. The molecule has 0 heterocycles. The van der Waals surface area contributed by atoms with Gasteiger partial charge in [0.05, 0.1) is 0 Å². The highest BCUT2D eigenvalue weighted by Crippen LogP contribution is 2.41. The number of nitrogens with two attached hydrogens (primary N) is 1. The van der Waals surface area contributed by atoms with Gasteiger partial charge in [0.25, 0.3) is 0 Å². The molecule has 2 saturated carbocycles. The van der Waals surface area contributed by atoms with Crippen molar-refractivity contribution in [3.05, 3.63) is 0 Å². The Labute approximate surface area is 81.2 Å². The van der Waals surface area contributed by atoms with Crippen molar-refractivity contribution in [2.45, 2.75) is 51.5 Å². The number of rotatable bonds is 3. The quantitative estimate of drug-likeness (QED) is 0.518. The Kier molecular flexibility index (Phi) is 2.89. The molecule has 0 amide bonds. The summed E-state index contributed by atoms with van der Waals surface area (Å²) >= 11 is 0. The second-order valence-electron chi connectivity index (χ2n) is 4.96. The highest BCUT2D eigenvalue weighted by molar-refractivity contribution is 4.90. The third kappa shape index (κ3) is 1.75. The largest absolute Gasteiger partial charge is 0.271 e. The highest BCUT2D eigenvalue weighted by Gasteiger charge is 2.37. The van der Waals surface area contributed by atoms with Crippen LogP contribution in [-0.4, -0.2) is 6.04 Å². The van der Waals surface area contributed by atoms with Crippen molar-refractivity contribution in [2.75, 3.05) is 0 Å². The maximum absolute atomic E-state index is 5.68. The Morgan fingerprint density at radius 2 is 1.85 bits per heavy atom. The third-order valence-electron chi connectivity index (χ3n) is 4.24. The summed E-state index contributed by atoms with van der Waals surface area (Å²) in [7, 11) is 0. The predicted molar refractivity (Wildman–Crippen MR) is 55.0 cm³/mol. The van der Waals surface area contributed by atoms with Crippen LogP contribution in [0.15, 0.2) is 0 Å². The molecule has 2 fully saturated rings. The lowest BCUT2D eigenvalue weighted by Gasteiger charge is -2.38. The number of nitrogens with one attached hydrogen (secondary N) is 1. The molecule has 0 aliphatic heterocycles. The fourth-order valence-corrected chi connectivity index (χ4v) is 3.12. The molecule has 0 radical (unpaired) electrons. The number of hydrogen-bond acceptors (Lipinski definition) is 2. The van der Waals surface area contributed by atoms with Crippen LogP contribution in [0.25, 0.3) is 0 Å². The zero-order valence-corrected chi connectivity index (χ0v) is 8.63. The van der Waals surface area contributed by atoms with Crippen LogP contribution in [0.1, 0.15) is 45.4 Å². The fraction of sp³-hybridized carbons (Fsp3) is 1.00. The Bertz CT molecular complexity index is 165. The van der Waals surface area contributed by atoms with E-state index in [2.05, 4.69) is 12.3 Å². The summed E-state index contributed by atoms with van der Waals surface area (Å²) in [6.07, 6.45) is 8.44. The van der Waals surface area contributed by atoms with E-state index >= 15 is 0 Å². The van der Waals surface area contributed by atoms with E-state index in [1.807, 2.05) is 0 Å². The maximum Gasteiger partial charge on any atom is 0.0269 e. The average Bonchev–Trinajstić information content (AvgIpc) is 2.43. The van der Waals surface area contributed by atoms with Crippen molar-refractivity contribution in [3.63, 3.8) is 0 Å². The summed E-state index contributed by atoms with van der Waals surface area (Å²) in [5, 5.41) is 0. The molecule has 0 saturated heterocycles. The molecule has 0 aromatic rings. The van der Waals surface area contributed by atoms with Crippen LogP contribution in [-0.2, 0) is 0 Å². The minimum Gasteiger partial charge on any atom is -0.271 e. The van der Waals surface area contributed by atoms with Gasteiger partial charge in [-0.15, -0.1) is 0 Å². The van der Waals surface area contributed by atoms with Gasteiger partial charge in [-0.05, 0) is 37.0 Å². The average molecular weight is 182 g/mol. The minimum absolute atomic E-state index is 0.617.